The fourth-order valence-corrected chi connectivity index (χ4v) is 4.28. The van der Waals surface area contributed by atoms with Crippen LogP contribution in [0.5, 0.6) is 0 Å². The lowest BCUT2D eigenvalue weighted by Crippen LogP contribution is -2.59. The van der Waals surface area contributed by atoms with E-state index in [0.29, 0.717) is 19.3 Å². The van der Waals surface area contributed by atoms with E-state index < -0.39 is 70.3 Å². The van der Waals surface area contributed by atoms with Crippen molar-refractivity contribution in [3.63, 3.8) is 0 Å². The van der Waals surface area contributed by atoms with E-state index in [4.69, 9.17) is 9.47 Å². The summed E-state index contributed by atoms with van der Waals surface area (Å²) in [4.78, 5) is 78.4. The van der Waals surface area contributed by atoms with Crippen LogP contribution in [0.25, 0.3) is 0 Å². The van der Waals surface area contributed by atoms with E-state index in [1.807, 2.05) is 0 Å². The number of rotatable bonds is 12. The van der Waals surface area contributed by atoms with Gasteiger partial charge in [0.2, 0.25) is 17.6 Å². The van der Waals surface area contributed by atoms with Gasteiger partial charge in [-0.2, -0.15) is 0 Å². The zero-order valence-electron chi connectivity index (χ0n) is 29.4. The molecular formula is C33H58N4O8. The predicted molar refractivity (Wildman–Crippen MR) is 173 cm³/mol. The molecule has 1 rings (SSSR count). The molecule has 1 unspecified atom stereocenters. The minimum Gasteiger partial charge on any atom is -0.460 e. The molecule has 0 spiro atoms. The molecule has 0 radical (unpaired) electrons. The summed E-state index contributed by atoms with van der Waals surface area (Å²) in [6.45, 7) is 23.8. The zero-order chi connectivity index (χ0) is 35.2. The van der Waals surface area contributed by atoms with Crippen molar-refractivity contribution in [3.8, 4) is 0 Å². The number of ketones is 1. The molecule has 4 amide bonds. The summed E-state index contributed by atoms with van der Waals surface area (Å²) < 4.78 is 10.5. The summed E-state index contributed by atoms with van der Waals surface area (Å²) in [5.41, 5.74) is -2.14. The Bertz CT molecular complexity index is 1040. The Balaban J connectivity index is 0.00000618. The molecular weight excluding hydrogens is 580 g/mol. The van der Waals surface area contributed by atoms with Crippen LogP contribution in [0.15, 0.2) is 12.7 Å². The van der Waals surface area contributed by atoms with Crippen LogP contribution in [0.2, 0.25) is 0 Å². The number of esters is 1. The molecule has 1 heterocycles. The summed E-state index contributed by atoms with van der Waals surface area (Å²) in [6, 6.07) is -3.03. The molecule has 0 aliphatic carbocycles. The van der Waals surface area contributed by atoms with E-state index in [2.05, 4.69) is 36.4 Å². The van der Waals surface area contributed by atoms with Gasteiger partial charge in [0.15, 0.2) is 0 Å². The third-order valence-corrected chi connectivity index (χ3v) is 6.16. The SMILES string of the molecule is C=CCCC(NC(=O)[C@@H]1CCCN1C(=O)[C@@H](NC(=O)OC(C)(C)C)C(C)(C)C)C(=O)C(=O)NCCC(=O)OC(C)(C)C.CCC. The number of hydrogen-bond acceptors (Lipinski definition) is 8. The second-order valence-electron chi connectivity index (χ2n) is 14.2. The zero-order valence-corrected chi connectivity index (χ0v) is 29.4. The largest absolute Gasteiger partial charge is 0.460 e. The number of nitrogens with zero attached hydrogens (tertiary/aromatic N) is 1. The van der Waals surface area contributed by atoms with Crippen LogP contribution in [-0.2, 0) is 33.4 Å². The highest BCUT2D eigenvalue weighted by molar-refractivity contribution is 6.38. The van der Waals surface area contributed by atoms with Gasteiger partial charge in [0.05, 0.1) is 12.5 Å². The lowest BCUT2D eigenvalue weighted by atomic mass is 9.85. The summed E-state index contributed by atoms with van der Waals surface area (Å²) in [5.74, 6) is -3.35. The molecule has 45 heavy (non-hydrogen) atoms. The number of likely N-dealkylation sites (tertiary alicyclic amines) is 1. The number of amides is 4. The van der Waals surface area contributed by atoms with Crippen molar-refractivity contribution in [2.24, 2.45) is 5.41 Å². The van der Waals surface area contributed by atoms with Crippen LogP contribution >= 0.6 is 0 Å². The van der Waals surface area contributed by atoms with E-state index in [-0.39, 0.29) is 25.9 Å². The number of alkyl carbamates (subject to hydrolysis) is 1. The van der Waals surface area contributed by atoms with Crippen molar-refractivity contribution in [1.82, 2.24) is 20.9 Å². The molecule has 0 aromatic heterocycles. The second kappa shape index (κ2) is 18.5. The highest BCUT2D eigenvalue weighted by Crippen LogP contribution is 2.26. The van der Waals surface area contributed by atoms with Crippen molar-refractivity contribution in [3.05, 3.63) is 12.7 Å². The van der Waals surface area contributed by atoms with Crippen molar-refractivity contribution < 1.29 is 38.2 Å². The van der Waals surface area contributed by atoms with Gasteiger partial charge in [0.25, 0.3) is 5.91 Å². The first-order valence-corrected chi connectivity index (χ1v) is 15.8. The van der Waals surface area contributed by atoms with E-state index in [0.717, 1.165) is 0 Å². The van der Waals surface area contributed by atoms with Gasteiger partial charge in [-0.1, -0.05) is 47.1 Å². The Morgan fingerprint density at radius 1 is 0.911 bits per heavy atom. The molecule has 0 aromatic carbocycles. The maximum Gasteiger partial charge on any atom is 0.408 e. The highest BCUT2D eigenvalue weighted by atomic mass is 16.6. The second-order valence-corrected chi connectivity index (χ2v) is 14.2. The molecule has 1 fully saturated rings. The van der Waals surface area contributed by atoms with Crippen LogP contribution in [0.3, 0.4) is 0 Å². The minimum absolute atomic E-state index is 0.106. The summed E-state index contributed by atoms with van der Waals surface area (Å²) in [5, 5.41) is 7.71. The van der Waals surface area contributed by atoms with Gasteiger partial charge in [-0.3, -0.25) is 24.0 Å². The van der Waals surface area contributed by atoms with Gasteiger partial charge >= 0.3 is 12.1 Å². The molecule has 0 bridgehead atoms. The first-order chi connectivity index (χ1) is 20.6. The minimum atomic E-state index is -1.16. The number of carbonyl (C=O) groups excluding carboxylic acids is 6. The van der Waals surface area contributed by atoms with E-state index in [1.54, 1.807) is 68.4 Å². The van der Waals surface area contributed by atoms with Gasteiger partial charge < -0.3 is 30.3 Å². The number of allylic oxidation sites excluding steroid dienone is 1. The molecule has 1 aliphatic heterocycles. The van der Waals surface area contributed by atoms with E-state index in [1.165, 1.54) is 11.3 Å². The number of carbonyl (C=O) groups is 6. The third kappa shape index (κ3) is 16.4. The van der Waals surface area contributed by atoms with Crippen LogP contribution in [0.1, 0.15) is 115 Å². The van der Waals surface area contributed by atoms with E-state index in [9.17, 15) is 28.8 Å². The Labute approximate surface area is 269 Å². The standard InChI is InChI=1S/C30H50N4O8.C3H8/c1-11-12-14-19(22(36)25(38)31-17-16-21(35)41-29(5,6)7)32-24(37)20-15-13-18-34(20)26(39)23(28(2,3)4)33-27(40)42-30(8,9)10;1-3-2/h11,19-20,23H,1,12-18H2,2-10H3,(H,31,38)(H,32,37)(H,33,40);3H2,1-2H3/t19?,20-,23+;/m0./s1. The Kier molecular flexibility index (Phi) is 17.1. The smallest absolute Gasteiger partial charge is 0.408 e. The monoisotopic (exact) mass is 638 g/mol. The molecule has 3 N–H and O–H groups in total. The van der Waals surface area contributed by atoms with Crippen LogP contribution < -0.4 is 16.0 Å². The van der Waals surface area contributed by atoms with E-state index >= 15 is 0 Å². The van der Waals surface area contributed by atoms with Crippen LogP contribution in [-0.4, -0.2) is 82.9 Å². The quantitative estimate of drug-likeness (QED) is 0.163. The van der Waals surface area contributed by atoms with Crippen molar-refractivity contribution in [1.29, 1.82) is 0 Å². The molecule has 0 saturated carbocycles. The molecule has 3 atom stereocenters. The summed E-state index contributed by atoms with van der Waals surface area (Å²) in [6.07, 6.45) is 3.32. The van der Waals surface area contributed by atoms with Gasteiger partial charge in [-0.05, 0) is 72.6 Å². The van der Waals surface area contributed by atoms with Crippen LogP contribution in [0.4, 0.5) is 4.79 Å². The first kappa shape index (κ1) is 41.6. The summed E-state index contributed by atoms with van der Waals surface area (Å²) >= 11 is 0. The lowest BCUT2D eigenvalue weighted by Gasteiger charge is -2.36. The maximum absolute atomic E-state index is 13.7. The molecule has 1 saturated heterocycles. The topological polar surface area (TPSA) is 160 Å². The van der Waals surface area contributed by atoms with Gasteiger partial charge in [-0.25, -0.2) is 4.79 Å². The molecule has 12 heteroatoms. The maximum atomic E-state index is 13.7. The van der Waals surface area contributed by atoms with Crippen molar-refractivity contribution in [2.75, 3.05) is 13.1 Å². The number of hydrogen-bond donors (Lipinski definition) is 3. The lowest BCUT2D eigenvalue weighted by molar-refractivity contribution is -0.154. The molecule has 1 aliphatic rings. The van der Waals surface area contributed by atoms with Crippen molar-refractivity contribution >= 4 is 35.6 Å². The van der Waals surface area contributed by atoms with Gasteiger partial charge in [0.1, 0.15) is 23.3 Å². The highest BCUT2D eigenvalue weighted by Gasteiger charge is 2.43. The molecule has 0 aromatic rings. The Morgan fingerprint density at radius 2 is 1.47 bits per heavy atom. The Hall–Kier alpha value is -3.44. The first-order valence-electron chi connectivity index (χ1n) is 15.8. The normalized spacial score (nSPS) is 16.2. The molecule has 12 nitrogen and oxygen atoms in total. The number of Topliss-reactive ketones (excluding diaryl/α,β-unsaturated/α-hetero) is 1. The Morgan fingerprint density at radius 3 is 1.96 bits per heavy atom. The van der Waals surface area contributed by atoms with Crippen molar-refractivity contribution in [2.45, 2.75) is 144 Å². The average Bonchev–Trinajstić information content (AvgIpc) is 3.37. The fourth-order valence-electron chi connectivity index (χ4n) is 4.28. The third-order valence-electron chi connectivity index (χ3n) is 6.16. The average molecular weight is 639 g/mol. The predicted octanol–water partition coefficient (Wildman–Crippen LogP) is 4.20. The summed E-state index contributed by atoms with van der Waals surface area (Å²) in [7, 11) is 0. The number of nitrogens with one attached hydrogen (secondary N) is 3. The molecule has 258 valence electrons. The van der Waals surface area contributed by atoms with Gasteiger partial charge in [0, 0.05) is 13.1 Å². The number of ether oxygens (including phenoxy) is 2. The van der Waals surface area contributed by atoms with Crippen LogP contribution in [0, 0.1) is 5.41 Å². The van der Waals surface area contributed by atoms with Gasteiger partial charge in [-0.15, -0.1) is 6.58 Å². The fraction of sp³-hybridized carbons (Fsp3) is 0.758.